The topological polar surface area (TPSA) is 55.6 Å². The fourth-order valence-corrected chi connectivity index (χ4v) is 2.85. The summed E-state index contributed by atoms with van der Waals surface area (Å²) in [6.45, 7) is 4.07. The van der Waals surface area contributed by atoms with Gasteiger partial charge in [-0.15, -0.1) is 0 Å². The van der Waals surface area contributed by atoms with Gasteiger partial charge >= 0.3 is 0 Å². The van der Waals surface area contributed by atoms with Crippen LogP contribution in [0.5, 0.6) is 0 Å². The first-order valence-electron chi connectivity index (χ1n) is 5.36. The molecular weight excluding hydrogens is 212 g/mol. The van der Waals surface area contributed by atoms with E-state index in [1.165, 1.54) is 7.11 Å². The van der Waals surface area contributed by atoms with Gasteiger partial charge in [-0.2, -0.15) is 11.8 Å². The molecule has 5 heteroatoms. The van der Waals surface area contributed by atoms with Crippen LogP contribution in [-0.2, 0) is 9.53 Å². The minimum Gasteiger partial charge on any atom is -0.370 e. The lowest BCUT2D eigenvalue weighted by Gasteiger charge is -2.33. The second kappa shape index (κ2) is 6.35. The molecule has 0 aliphatic carbocycles. The van der Waals surface area contributed by atoms with Gasteiger partial charge in [0.15, 0.2) is 0 Å². The smallest absolute Gasteiger partial charge is 0.253 e. The molecule has 0 aromatic carbocycles. The van der Waals surface area contributed by atoms with Crippen molar-refractivity contribution in [2.24, 2.45) is 5.73 Å². The van der Waals surface area contributed by atoms with E-state index in [1.54, 1.807) is 0 Å². The van der Waals surface area contributed by atoms with Crippen molar-refractivity contribution in [2.45, 2.75) is 24.7 Å². The Hall–Kier alpha value is -0.260. The van der Waals surface area contributed by atoms with Crippen LogP contribution >= 0.6 is 11.8 Å². The Labute approximate surface area is 95.5 Å². The molecule has 1 rings (SSSR count). The van der Waals surface area contributed by atoms with Crippen molar-refractivity contribution in [1.82, 2.24) is 4.90 Å². The molecule has 0 aromatic rings. The highest BCUT2D eigenvalue weighted by molar-refractivity contribution is 8.00. The highest BCUT2D eigenvalue weighted by atomic mass is 32.2. The van der Waals surface area contributed by atoms with Gasteiger partial charge in [-0.1, -0.05) is 6.92 Å². The van der Waals surface area contributed by atoms with E-state index >= 15 is 0 Å². The lowest BCUT2D eigenvalue weighted by atomic mass is 10.2. The van der Waals surface area contributed by atoms with Crippen molar-refractivity contribution < 1.29 is 9.53 Å². The molecule has 4 nitrogen and oxygen atoms in total. The molecule has 1 heterocycles. The molecule has 1 aliphatic rings. The van der Waals surface area contributed by atoms with Gasteiger partial charge < -0.3 is 15.4 Å². The van der Waals surface area contributed by atoms with Crippen LogP contribution in [0, 0.1) is 0 Å². The standard InChI is InChI=1S/C10H20N2O2S/c1-3-8-7-12(4-5-15-8)10(13)9(6-11)14-2/h8-9H,3-7,11H2,1-2H3. The lowest BCUT2D eigenvalue weighted by Crippen LogP contribution is -2.48. The maximum atomic E-state index is 11.9. The SMILES string of the molecule is CCC1CN(C(=O)C(CN)OC)CCS1. The first-order valence-corrected chi connectivity index (χ1v) is 6.41. The Bertz CT molecular complexity index is 210. The van der Waals surface area contributed by atoms with Crippen LogP contribution in [0.3, 0.4) is 0 Å². The quantitative estimate of drug-likeness (QED) is 0.758. The van der Waals surface area contributed by atoms with E-state index in [4.69, 9.17) is 10.5 Å². The largest absolute Gasteiger partial charge is 0.370 e. The molecular formula is C10H20N2O2S. The molecule has 1 amide bonds. The Kier molecular flexibility index (Phi) is 5.42. The van der Waals surface area contributed by atoms with Gasteiger partial charge in [0.1, 0.15) is 6.10 Å². The number of methoxy groups -OCH3 is 1. The summed E-state index contributed by atoms with van der Waals surface area (Å²) < 4.78 is 5.06. The fourth-order valence-electron chi connectivity index (χ4n) is 1.67. The third-order valence-electron chi connectivity index (χ3n) is 2.68. The highest BCUT2D eigenvalue weighted by Crippen LogP contribution is 2.21. The zero-order valence-corrected chi connectivity index (χ0v) is 10.3. The van der Waals surface area contributed by atoms with Gasteiger partial charge in [0.25, 0.3) is 5.91 Å². The number of carbonyl (C=O) groups excluding carboxylic acids is 1. The molecule has 0 saturated carbocycles. The number of rotatable bonds is 4. The summed E-state index contributed by atoms with van der Waals surface area (Å²) in [5.74, 6) is 1.06. The maximum absolute atomic E-state index is 11.9. The molecule has 1 fully saturated rings. The molecule has 2 atom stereocenters. The second-order valence-corrected chi connectivity index (χ2v) is 5.05. The van der Waals surface area contributed by atoms with Crippen molar-refractivity contribution in [3.63, 3.8) is 0 Å². The zero-order chi connectivity index (χ0) is 11.3. The summed E-state index contributed by atoms with van der Waals surface area (Å²) in [4.78, 5) is 13.8. The second-order valence-electron chi connectivity index (χ2n) is 3.65. The Morgan fingerprint density at radius 3 is 3.00 bits per heavy atom. The summed E-state index contributed by atoms with van der Waals surface area (Å²) in [5.41, 5.74) is 5.48. The van der Waals surface area contributed by atoms with Crippen LogP contribution in [-0.4, -0.2) is 54.7 Å². The van der Waals surface area contributed by atoms with E-state index in [0.717, 1.165) is 25.3 Å². The van der Waals surface area contributed by atoms with Crippen LogP contribution in [0.25, 0.3) is 0 Å². The molecule has 2 unspecified atom stereocenters. The van der Waals surface area contributed by atoms with Gasteiger partial charge in [0, 0.05) is 37.7 Å². The fraction of sp³-hybridized carbons (Fsp3) is 0.900. The molecule has 0 radical (unpaired) electrons. The third kappa shape index (κ3) is 3.36. The molecule has 0 aromatic heterocycles. The summed E-state index contributed by atoms with van der Waals surface area (Å²) in [5, 5.41) is 0.568. The summed E-state index contributed by atoms with van der Waals surface area (Å²) in [6, 6.07) is 0. The monoisotopic (exact) mass is 232 g/mol. The normalized spacial score (nSPS) is 23.9. The van der Waals surface area contributed by atoms with Crippen LogP contribution in [0.4, 0.5) is 0 Å². The number of thioether (sulfide) groups is 1. The van der Waals surface area contributed by atoms with Crippen molar-refractivity contribution >= 4 is 17.7 Å². The minimum absolute atomic E-state index is 0.0405. The number of ether oxygens (including phenoxy) is 1. The summed E-state index contributed by atoms with van der Waals surface area (Å²) in [6.07, 6.45) is 0.639. The Morgan fingerprint density at radius 2 is 2.47 bits per heavy atom. The van der Waals surface area contributed by atoms with E-state index in [2.05, 4.69) is 6.92 Å². The Morgan fingerprint density at radius 1 is 1.73 bits per heavy atom. The molecule has 88 valence electrons. The molecule has 2 N–H and O–H groups in total. The summed E-state index contributed by atoms with van der Waals surface area (Å²) in [7, 11) is 1.53. The number of hydrogen-bond acceptors (Lipinski definition) is 4. The molecule has 1 saturated heterocycles. The third-order valence-corrected chi connectivity index (χ3v) is 4.05. The van der Waals surface area contributed by atoms with E-state index < -0.39 is 6.10 Å². The predicted octanol–water partition coefficient (Wildman–Crippen LogP) is 0.314. The van der Waals surface area contributed by atoms with Gasteiger partial charge in [-0.25, -0.2) is 0 Å². The molecule has 15 heavy (non-hydrogen) atoms. The van der Waals surface area contributed by atoms with Gasteiger partial charge in [0.2, 0.25) is 0 Å². The van der Waals surface area contributed by atoms with Gasteiger partial charge in [0.05, 0.1) is 0 Å². The molecule has 1 aliphatic heterocycles. The number of hydrogen-bond donors (Lipinski definition) is 1. The van der Waals surface area contributed by atoms with Gasteiger partial charge in [-0.3, -0.25) is 4.79 Å². The van der Waals surface area contributed by atoms with Gasteiger partial charge in [-0.05, 0) is 6.42 Å². The number of carbonyl (C=O) groups is 1. The number of amides is 1. The number of nitrogens with zero attached hydrogens (tertiary/aromatic N) is 1. The van der Waals surface area contributed by atoms with E-state index in [1.807, 2.05) is 16.7 Å². The van der Waals surface area contributed by atoms with Crippen molar-refractivity contribution in [3.8, 4) is 0 Å². The van der Waals surface area contributed by atoms with Crippen LogP contribution in [0.2, 0.25) is 0 Å². The Balaban J connectivity index is 2.51. The highest BCUT2D eigenvalue weighted by Gasteiger charge is 2.27. The van der Waals surface area contributed by atoms with Crippen molar-refractivity contribution in [1.29, 1.82) is 0 Å². The minimum atomic E-state index is -0.467. The average molecular weight is 232 g/mol. The maximum Gasteiger partial charge on any atom is 0.253 e. The average Bonchev–Trinajstić information content (AvgIpc) is 2.30. The first kappa shape index (κ1) is 12.8. The zero-order valence-electron chi connectivity index (χ0n) is 9.44. The molecule has 0 spiro atoms. The van der Waals surface area contributed by atoms with Crippen LogP contribution in [0.1, 0.15) is 13.3 Å². The van der Waals surface area contributed by atoms with E-state index in [-0.39, 0.29) is 12.5 Å². The predicted molar refractivity (Wildman–Crippen MR) is 63.0 cm³/mol. The van der Waals surface area contributed by atoms with Crippen LogP contribution in [0.15, 0.2) is 0 Å². The van der Waals surface area contributed by atoms with Crippen molar-refractivity contribution in [3.05, 3.63) is 0 Å². The first-order chi connectivity index (χ1) is 7.22. The number of nitrogens with two attached hydrogens (primary N) is 1. The van der Waals surface area contributed by atoms with Crippen molar-refractivity contribution in [2.75, 3.05) is 32.5 Å². The van der Waals surface area contributed by atoms with E-state index in [9.17, 15) is 4.79 Å². The lowest BCUT2D eigenvalue weighted by molar-refractivity contribution is -0.141. The van der Waals surface area contributed by atoms with E-state index in [0.29, 0.717) is 5.25 Å². The molecule has 0 bridgehead atoms. The summed E-state index contributed by atoms with van der Waals surface area (Å²) >= 11 is 1.95. The van der Waals surface area contributed by atoms with Crippen LogP contribution < -0.4 is 5.73 Å².